The standard InChI is InChI=1S/C58H90O6/c1-4-7-10-13-16-19-22-25-28-29-31-33-36-39-42-45-48-51-57(60)63-54-55(53-62-56(59)50-47-44-41-38-35-32-27-24-21-18-15-12-9-6-3)64-58(61)52-49-46-43-40-37-34-30-26-23-20-17-14-11-8-5-2/h7-8,10-11,14,16-17,19-20,23,25-26,28,30-35,37,39,42,55H,4-6,9,12-13,15,18,21-22,24,27,29,36,38,40-41,43-54H2,1-3H3/b10-7-,11-8-,17-14-,19-16-,23-20-,28-25-,30-26-,33-31-,35-32-,37-34-,42-39-. The Labute approximate surface area is 392 Å². The van der Waals surface area contributed by atoms with Crippen LogP contribution in [0.2, 0.25) is 0 Å². The van der Waals surface area contributed by atoms with Crippen molar-refractivity contribution in [3.8, 4) is 0 Å². The van der Waals surface area contributed by atoms with Crippen LogP contribution in [0.4, 0.5) is 0 Å². The maximum atomic E-state index is 12.8. The van der Waals surface area contributed by atoms with E-state index in [1.54, 1.807) is 0 Å². The largest absolute Gasteiger partial charge is 0.462 e. The van der Waals surface area contributed by atoms with Gasteiger partial charge in [0.1, 0.15) is 13.2 Å². The van der Waals surface area contributed by atoms with Crippen molar-refractivity contribution in [1.82, 2.24) is 0 Å². The normalized spacial score (nSPS) is 13.2. The molecule has 0 aliphatic carbocycles. The summed E-state index contributed by atoms with van der Waals surface area (Å²) in [5.74, 6) is -1.05. The Bertz CT molecular complexity index is 1430. The Morgan fingerprint density at radius 3 is 1.22 bits per heavy atom. The summed E-state index contributed by atoms with van der Waals surface area (Å²) in [5, 5.41) is 0. The van der Waals surface area contributed by atoms with Gasteiger partial charge < -0.3 is 14.2 Å². The van der Waals surface area contributed by atoms with E-state index in [9.17, 15) is 14.4 Å². The van der Waals surface area contributed by atoms with Crippen LogP contribution in [-0.2, 0) is 28.6 Å². The predicted octanol–water partition coefficient (Wildman–Crippen LogP) is 16.7. The van der Waals surface area contributed by atoms with Crippen LogP contribution in [0, 0.1) is 0 Å². The van der Waals surface area contributed by atoms with Crippen LogP contribution in [0.3, 0.4) is 0 Å². The van der Waals surface area contributed by atoms with Crippen molar-refractivity contribution in [3.63, 3.8) is 0 Å². The van der Waals surface area contributed by atoms with Gasteiger partial charge in [-0.15, -0.1) is 0 Å². The molecule has 64 heavy (non-hydrogen) atoms. The van der Waals surface area contributed by atoms with E-state index in [-0.39, 0.29) is 44.0 Å². The van der Waals surface area contributed by atoms with E-state index >= 15 is 0 Å². The number of allylic oxidation sites excluding steroid dienone is 22. The molecule has 0 aromatic carbocycles. The van der Waals surface area contributed by atoms with Crippen LogP contribution in [0.5, 0.6) is 0 Å². The molecule has 0 aromatic rings. The third-order valence-corrected chi connectivity index (χ3v) is 10.00. The molecule has 0 heterocycles. The number of esters is 3. The fourth-order valence-electron chi connectivity index (χ4n) is 6.26. The lowest BCUT2D eigenvalue weighted by atomic mass is 10.1. The molecule has 0 spiro atoms. The van der Waals surface area contributed by atoms with Gasteiger partial charge in [0.2, 0.25) is 0 Å². The summed E-state index contributed by atoms with van der Waals surface area (Å²) in [6, 6.07) is 0. The molecule has 1 unspecified atom stereocenters. The third kappa shape index (κ3) is 48.6. The van der Waals surface area contributed by atoms with Gasteiger partial charge in [-0.2, -0.15) is 0 Å². The second kappa shape index (κ2) is 51.2. The number of rotatable bonds is 43. The van der Waals surface area contributed by atoms with Crippen molar-refractivity contribution in [3.05, 3.63) is 134 Å². The highest BCUT2D eigenvalue weighted by molar-refractivity contribution is 5.71. The molecule has 0 bridgehead atoms. The smallest absolute Gasteiger partial charge is 0.306 e. The predicted molar refractivity (Wildman–Crippen MR) is 274 cm³/mol. The lowest BCUT2D eigenvalue weighted by molar-refractivity contribution is -0.167. The third-order valence-electron chi connectivity index (χ3n) is 10.00. The number of carbonyl (C=O) groups is 3. The first kappa shape index (κ1) is 59.6. The Kier molecular flexibility index (Phi) is 47.6. The number of hydrogen-bond acceptors (Lipinski definition) is 6. The Morgan fingerprint density at radius 2 is 0.703 bits per heavy atom. The van der Waals surface area contributed by atoms with Crippen LogP contribution in [-0.4, -0.2) is 37.2 Å². The number of unbranched alkanes of at least 4 members (excludes halogenated alkanes) is 14. The quantitative estimate of drug-likeness (QED) is 0.0200. The van der Waals surface area contributed by atoms with Crippen molar-refractivity contribution in [2.24, 2.45) is 0 Å². The molecule has 6 nitrogen and oxygen atoms in total. The minimum atomic E-state index is -0.833. The van der Waals surface area contributed by atoms with Crippen LogP contribution in [0.1, 0.15) is 194 Å². The summed E-state index contributed by atoms with van der Waals surface area (Å²) in [4.78, 5) is 37.9. The molecule has 0 rings (SSSR count). The van der Waals surface area contributed by atoms with E-state index in [2.05, 4.69) is 106 Å². The maximum Gasteiger partial charge on any atom is 0.306 e. The molecule has 0 aromatic heterocycles. The van der Waals surface area contributed by atoms with Gasteiger partial charge in [0.25, 0.3) is 0 Å². The van der Waals surface area contributed by atoms with Crippen molar-refractivity contribution < 1.29 is 28.6 Å². The zero-order valence-corrected chi connectivity index (χ0v) is 40.7. The van der Waals surface area contributed by atoms with Crippen molar-refractivity contribution in [2.45, 2.75) is 200 Å². The van der Waals surface area contributed by atoms with E-state index in [0.717, 1.165) is 96.3 Å². The van der Waals surface area contributed by atoms with Crippen molar-refractivity contribution in [2.75, 3.05) is 13.2 Å². The average Bonchev–Trinajstić information content (AvgIpc) is 3.29. The summed E-state index contributed by atoms with van der Waals surface area (Å²) in [7, 11) is 0. The number of ether oxygens (including phenoxy) is 3. The second-order valence-corrected chi connectivity index (χ2v) is 16.1. The SMILES string of the molecule is CC\C=C/C=C\C=C/C=C\C=C/CCCCCC(=O)OC(COC(=O)CCC/C=C\C/C=C\C/C=C\C/C=C\C/C=C\CC)COC(=O)CCCCC/C=C\CCCCCCCCC. The lowest BCUT2D eigenvalue weighted by Crippen LogP contribution is -2.30. The molecule has 0 fully saturated rings. The maximum absolute atomic E-state index is 12.8. The first-order valence-electron chi connectivity index (χ1n) is 25.3. The molecule has 0 saturated carbocycles. The summed E-state index contributed by atoms with van der Waals surface area (Å²) in [5.41, 5.74) is 0. The van der Waals surface area contributed by atoms with Crippen molar-refractivity contribution in [1.29, 1.82) is 0 Å². The van der Waals surface area contributed by atoms with Crippen LogP contribution in [0.25, 0.3) is 0 Å². The Morgan fingerprint density at radius 1 is 0.344 bits per heavy atom. The molecule has 0 amide bonds. The lowest BCUT2D eigenvalue weighted by Gasteiger charge is -2.18. The average molecular weight is 883 g/mol. The molecular formula is C58H90O6. The monoisotopic (exact) mass is 883 g/mol. The van der Waals surface area contributed by atoms with Gasteiger partial charge in [0.15, 0.2) is 6.10 Å². The molecule has 0 saturated heterocycles. The highest BCUT2D eigenvalue weighted by atomic mass is 16.6. The Balaban J connectivity index is 4.61. The molecule has 0 N–H and O–H groups in total. The Hall–Kier alpha value is -4.45. The minimum Gasteiger partial charge on any atom is -0.462 e. The first-order valence-corrected chi connectivity index (χ1v) is 25.3. The summed E-state index contributed by atoms with van der Waals surface area (Å²) >= 11 is 0. The summed E-state index contributed by atoms with van der Waals surface area (Å²) in [6.07, 6.45) is 71.5. The van der Waals surface area contributed by atoms with Gasteiger partial charge in [-0.3, -0.25) is 14.4 Å². The van der Waals surface area contributed by atoms with E-state index < -0.39 is 6.10 Å². The number of carbonyl (C=O) groups excluding carboxylic acids is 3. The van der Waals surface area contributed by atoms with Gasteiger partial charge in [-0.1, -0.05) is 206 Å². The van der Waals surface area contributed by atoms with Crippen LogP contribution < -0.4 is 0 Å². The molecule has 6 heteroatoms. The minimum absolute atomic E-state index is 0.126. The van der Waals surface area contributed by atoms with Gasteiger partial charge in [-0.05, 0) is 103 Å². The van der Waals surface area contributed by atoms with Crippen LogP contribution >= 0.6 is 0 Å². The van der Waals surface area contributed by atoms with Crippen molar-refractivity contribution >= 4 is 17.9 Å². The molecule has 1 atom stereocenters. The molecule has 0 radical (unpaired) electrons. The molecule has 0 aliphatic heterocycles. The van der Waals surface area contributed by atoms with E-state index in [1.165, 1.54) is 44.9 Å². The zero-order chi connectivity index (χ0) is 46.5. The van der Waals surface area contributed by atoms with E-state index in [1.807, 2.05) is 48.6 Å². The fourth-order valence-corrected chi connectivity index (χ4v) is 6.26. The van der Waals surface area contributed by atoms with Crippen LogP contribution in [0.15, 0.2) is 134 Å². The number of hydrogen-bond donors (Lipinski definition) is 0. The van der Waals surface area contributed by atoms with Gasteiger partial charge in [0, 0.05) is 19.3 Å². The van der Waals surface area contributed by atoms with E-state index in [0.29, 0.717) is 19.3 Å². The van der Waals surface area contributed by atoms with E-state index in [4.69, 9.17) is 14.2 Å². The second-order valence-electron chi connectivity index (χ2n) is 16.1. The fraction of sp³-hybridized carbons (Fsp3) is 0.569. The summed E-state index contributed by atoms with van der Waals surface area (Å²) in [6.45, 7) is 6.25. The zero-order valence-electron chi connectivity index (χ0n) is 40.7. The first-order chi connectivity index (χ1) is 31.5. The van der Waals surface area contributed by atoms with Gasteiger partial charge >= 0.3 is 17.9 Å². The molecule has 358 valence electrons. The highest BCUT2D eigenvalue weighted by Crippen LogP contribution is 2.12. The topological polar surface area (TPSA) is 78.9 Å². The molecule has 0 aliphatic rings. The van der Waals surface area contributed by atoms with Gasteiger partial charge in [0.05, 0.1) is 0 Å². The highest BCUT2D eigenvalue weighted by Gasteiger charge is 2.19. The van der Waals surface area contributed by atoms with Gasteiger partial charge in [-0.25, -0.2) is 0 Å². The summed E-state index contributed by atoms with van der Waals surface area (Å²) < 4.78 is 16.7. The molecular weight excluding hydrogens is 793 g/mol.